The highest BCUT2D eigenvalue weighted by molar-refractivity contribution is 5.76. The Balaban J connectivity index is 2.14. The Bertz CT molecular complexity index is 348. The molecule has 0 bridgehead atoms. The van der Waals surface area contributed by atoms with Gasteiger partial charge in [0.1, 0.15) is 11.7 Å². The van der Waals surface area contributed by atoms with Gasteiger partial charge in [0.05, 0.1) is 5.41 Å². The van der Waals surface area contributed by atoms with Gasteiger partial charge in [0, 0.05) is 6.42 Å². The molecule has 1 saturated heterocycles. The van der Waals surface area contributed by atoms with Gasteiger partial charge in [0.25, 0.3) is 0 Å². The van der Waals surface area contributed by atoms with E-state index in [2.05, 4.69) is 0 Å². The summed E-state index contributed by atoms with van der Waals surface area (Å²) in [6.45, 7) is 7.41. The Kier molecular flexibility index (Phi) is 3.23. The number of carbonyl (C=O) groups excluding carboxylic acids is 1. The molecule has 18 heavy (non-hydrogen) atoms. The highest BCUT2D eigenvalue weighted by Crippen LogP contribution is 2.49. The van der Waals surface area contributed by atoms with E-state index >= 15 is 0 Å². The molecule has 2 fully saturated rings. The van der Waals surface area contributed by atoms with Crippen LogP contribution in [-0.2, 0) is 14.3 Å². The molecule has 3 unspecified atom stereocenters. The number of aliphatic hydroxyl groups is 1. The van der Waals surface area contributed by atoms with E-state index in [1.807, 2.05) is 20.8 Å². The molecule has 0 radical (unpaired) electrons. The predicted molar refractivity (Wildman–Crippen MR) is 66.9 cm³/mol. The maximum atomic E-state index is 12.2. The van der Waals surface area contributed by atoms with Crippen molar-refractivity contribution in [2.45, 2.75) is 77.3 Å². The van der Waals surface area contributed by atoms with Crippen LogP contribution in [0.3, 0.4) is 0 Å². The minimum Gasteiger partial charge on any atom is -0.456 e. The van der Waals surface area contributed by atoms with E-state index in [-0.39, 0.29) is 12.1 Å². The summed E-state index contributed by atoms with van der Waals surface area (Å²) in [4.78, 5) is 12.2. The second-order valence-electron chi connectivity index (χ2n) is 6.54. The Hall–Kier alpha value is -0.610. The van der Waals surface area contributed by atoms with E-state index in [0.717, 1.165) is 25.7 Å². The highest BCUT2D eigenvalue weighted by Gasteiger charge is 2.59. The average molecular weight is 256 g/mol. The van der Waals surface area contributed by atoms with Crippen LogP contribution in [0.1, 0.15) is 59.8 Å². The van der Waals surface area contributed by atoms with Gasteiger partial charge in [-0.25, -0.2) is 0 Å². The molecule has 1 heterocycles. The zero-order chi connectivity index (χ0) is 13.6. The molecule has 0 amide bonds. The van der Waals surface area contributed by atoms with Crippen molar-refractivity contribution in [1.29, 1.82) is 0 Å². The molecule has 1 aliphatic heterocycles. The molecule has 2 rings (SSSR count). The van der Waals surface area contributed by atoms with Crippen LogP contribution in [0, 0.1) is 5.41 Å². The van der Waals surface area contributed by atoms with Crippen molar-refractivity contribution < 1.29 is 19.4 Å². The quantitative estimate of drug-likeness (QED) is 0.788. The van der Waals surface area contributed by atoms with Crippen LogP contribution in [0.4, 0.5) is 0 Å². The average Bonchev–Trinajstić information content (AvgIpc) is 2.69. The lowest BCUT2D eigenvalue weighted by molar-refractivity contribution is -0.184. The third-order valence-electron chi connectivity index (χ3n) is 4.41. The molecule has 1 aliphatic carbocycles. The van der Waals surface area contributed by atoms with E-state index < -0.39 is 16.8 Å². The smallest absolute Gasteiger partial charge is 0.312 e. The normalized spacial score (nSPS) is 39.7. The molecule has 1 saturated carbocycles. The fraction of sp³-hybridized carbons (Fsp3) is 0.929. The Labute approximate surface area is 109 Å². The molecule has 1 N–H and O–H groups in total. The Morgan fingerprint density at radius 1 is 1.56 bits per heavy atom. The third kappa shape index (κ3) is 2.28. The van der Waals surface area contributed by atoms with Gasteiger partial charge >= 0.3 is 5.97 Å². The topological polar surface area (TPSA) is 55.8 Å². The first-order valence-corrected chi connectivity index (χ1v) is 6.84. The molecule has 2 aliphatic rings. The summed E-state index contributed by atoms with van der Waals surface area (Å²) < 4.78 is 11.4. The van der Waals surface area contributed by atoms with Crippen LogP contribution in [-0.4, -0.2) is 28.6 Å². The van der Waals surface area contributed by atoms with Crippen LogP contribution >= 0.6 is 0 Å². The van der Waals surface area contributed by atoms with Crippen LogP contribution in [0.15, 0.2) is 0 Å². The molecule has 3 atom stereocenters. The van der Waals surface area contributed by atoms with Crippen LogP contribution in [0.2, 0.25) is 0 Å². The summed E-state index contributed by atoms with van der Waals surface area (Å²) in [5.74, 6) is -1.35. The van der Waals surface area contributed by atoms with E-state index in [9.17, 15) is 9.90 Å². The minimum atomic E-state index is -1.16. The molecular weight excluding hydrogens is 232 g/mol. The second-order valence-corrected chi connectivity index (χ2v) is 6.54. The van der Waals surface area contributed by atoms with Crippen molar-refractivity contribution in [1.82, 2.24) is 0 Å². The summed E-state index contributed by atoms with van der Waals surface area (Å²) >= 11 is 0. The predicted octanol–water partition coefficient (Wildman–Crippen LogP) is 2.39. The van der Waals surface area contributed by atoms with Gasteiger partial charge in [-0.3, -0.25) is 4.79 Å². The van der Waals surface area contributed by atoms with Crippen molar-refractivity contribution in [3.8, 4) is 0 Å². The minimum absolute atomic E-state index is 0.149. The summed E-state index contributed by atoms with van der Waals surface area (Å²) in [6.07, 6.45) is 3.61. The highest BCUT2D eigenvalue weighted by atomic mass is 16.7. The first-order chi connectivity index (χ1) is 8.21. The van der Waals surface area contributed by atoms with Gasteiger partial charge in [-0.15, -0.1) is 0 Å². The van der Waals surface area contributed by atoms with Crippen molar-refractivity contribution in [3.05, 3.63) is 0 Å². The van der Waals surface area contributed by atoms with E-state index in [0.29, 0.717) is 6.42 Å². The maximum Gasteiger partial charge on any atom is 0.312 e. The Morgan fingerprint density at radius 3 is 2.83 bits per heavy atom. The fourth-order valence-electron chi connectivity index (χ4n) is 2.90. The number of hydrogen-bond acceptors (Lipinski definition) is 4. The number of fused-ring (bicyclic) bond motifs is 1. The first kappa shape index (κ1) is 13.8. The molecule has 0 aromatic rings. The lowest BCUT2D eigenvalue weighted by atomic mass is 9.89. The van der Waals surface area contributed by atoms with Crippen LogP contribution in [0.5, 0.6) is 0 Å². The molecule has 0 aromatic heterocycles. The summed E-state index contributed by atoms with van der Waals surface area (Å²) in [7, 11) is 0. The van der Waals surface area contributed by atoms with Crippen molar-refractivity contribution in [3.63, 3.8) is 0 Å². The van der Waals surface area contributed by atoms with Crippen molar-refractivity contribution in [2.75, 3.05) is 0 Å². The monoisotopic (exact) mass is 256 g/mol. The van der Waals surface area contributed by atoms with Crippen molar-refractivity contribution >= 4 is 5.97 Å². The van der Waals surface area contributed by atoms with E-state index in [1.165, 1.54) is 0 Å². The number of rotatable bonds is 3. The van der Waals surface area contributed by atoms with Gasteiger partial charge in [0.2, 0.25) is 0 Å². The van der Waals surface area contributed by atoms with Gasteiger partial charge in [-0.05, 0) is 46.5 Å². The van der Waals surface area contributed by atoms with E-state index in [4.69, 9.17) is 9.47 Å². The molecular formula is C14H24O4. The molecule has 4 nitrogen and oxygen atoms in total. The number of carbonyl (C=O) groups is 1. The third-order valence-corrected chi connectivity index (χ3v) is 4.41. The lowest BCUT2D eigenvalue weighted by Gasteiger charge is -2.32. The maximum absolute atomic E-state index is 12.2. The molecule has 4 heteroatoms. The first-order valence-electron chi connectivity index (χ1n) is 6.84. The van der Waals surface area contributed by atoms with Gasteiger partial charge in [-0.2, -0.15) is 0 Å². The largest absolute Gasteiger partial charge is 0.456 e. The fourth-order valence-corrected chi connectivity index (χ4v) is 2.90. The standard InChI is InChI=1S/C14H24O4/c1-5-12(2,3)11(15)18-14-8-6-7-10(14)17-13(4,16)9-14/h10,16H,5-9H2,1-4H3. The summed E-state index contributed by atoms with van der Waals surface area (Å²) in [5.41, 5.74) is -1.08. The zero-order valence-corrected chi connectivity index (χ0v) is 11.8. The lowest BCUT2D eigenvalue weighted by Crippen LogP contribution is -2.42. The number of esters is 1. The SMILES string of the molecule is CCC(C)(C)C(=O)OC12CCCC1OC(C)(O)C2. The molecule has 0 spiro atoms. The molecule has 104 valence electrons. The summed E-state index contributed by atoms with van der Waals surface area (Å²) in [5, 5.41) is 10.0. The van der Waals surface area contributed by atoms with Gasteiger partial charge < -0.3 is 14.6 Å². The second kappa shape index (κ2) is 4.20. The van der Waals surface area contributed by atoms with Gasteiger partial charge in [-0.1, -0.05) is 6.92 Å². The summed E-state index contributed by atoms with van der Waals surface area (Å²) in [6, 6.07) is 0. The van der Waals surface area contributed by atoms with E-state index in [1.54, 1.807) is 6.92 Å². The van der Waals surface area contributed by atoms with Crippen LogP contribution in [0.25, 0.3) is 0 Å². The molecule has 0 aromatic carbocycles. The number of hydrogen-bond donors (Lipinski definition) is 1. The van der Waals surface area contributed by atoms with Crippen LogP contribution < -0.4 is 0 Å². The number of ether oxygens (including phenoxy) is 2. The zero-order valence-electron chi connectivity index (χ0n) is 11.8. The Morgan fingerprint density at radius 2 is 2.22 bits per heavy atom. The van der Waals surface area contributed by atoms with Crippen molar-refractivity contribution in [2.24, 2.45) is 5.41 Å². The van der Waals surface area contributed by atoms with Gasteiger partial charge in [0.15, 0.2) is 5.79 Å².